The van der Waals surface area contributed by atoms with Gasteiger partial charge in [-0.3, -0.25) is 4.79 Å². The summed E-state index contributed by atoms with van der Waals surface area (Å²) in [7, 11) is -3.73. The predicted molar refractivity (Wildman–Crippen MR) is 112 cm³/mol. The van der Waals surface area contributed by atoms with Gasteiger partial charge in [0.2, 0.25) is 0 Å². The van der Waals surface area contributed by atoms with Crippen LogP contribution in [0.25, 0.3) is 10.2 Å². The number of halogens is 1. The number of amides is 1. The molecule has 1 aliphatic heterocycles. The molecule has 154 valence electrons. The Kier molecular flexibility index (Phi) is 5.69. The number of hydrogen-bond acceptors (Lipinski definition) is 5. The van der Waals surface area contributed by atoms with Crippen molar-refractivity contribution >= 4 is 48.8 Å². The first kappa shape index (κ1) is 20.4. The third-order valence-corrected chi connectivity index (χ3v) is 9.29. The van der Waals surface area contributed by atoms with Crippen molar-refractivity contribution in [2.75, 3.05) is 6.54 Å². The lowest BCUT2D eigenvalue weighted by Crippen LogP contribution is -2.47. The van der Waals surface area contributed by atoms with E-state index in [9.17, 15) is 17.6 Å². The van der Waals surface area contributed by atoms with Crippen molar-refractivity contribution < 1.29 is 17.6 Å². The lowest BCUT2D eigenvalue weighted by Gasteiger charge is -2.31. The summed E-state index contributed by atoms with van der Waals surface area (Å²) in [6.45, 7) is 2.80. The van der Waals surface area contributed by atoms with Gasteiger partial charge in [-0.05, 0) is 49.4 Å². The minimum atomic E-state index is -3.73. The van der Waals surface area contributed by atoms with E-state index >= 15 is 0 Å². The average molecular weight is 454 g/mol. The number of aromatic nitrogens is 1. The molecule has 6 nitrogen and oxygen atoms in total. The number of hydrogen-bond donors (Lipinski definition) is 0. The summed E-state index contributed by atoms with van der Waals surface area (Å²) < 4.78 is 43.7. The highest BCUT2D eigenvalue weighted by molar-refractivity contribution is 7.91. The maximum Gasteiger partial charge on any atom is 0.266 e. The zero-order valence-corrected chi connectivity index (χ0v) is 18.2. The first-order chi connectivity index (χ1) is 13.9. The lowest BCUT2D eigenvalue weighted by molar-refractivity contribution is -0.122. The van der Waals surface area contributed by atoms with Gasteiger partial charge in [0.25, 0.3) is 15.9 Å². The molecule has 0 N–H and O–H groups in total. The third-order valence-electron chi connectivity index (χ3n) is 4.96. The maximum atomic E-state index is 13.6. The van der Waals surface area contributed by atoms with Crippen LogP contribution in [0.15, 0.2) is 44.9 Å². The van der Waals surface area contributed by atoms with Crippen molar-refractivity contribution in [2.45, 2.75) is 43.0 Å². The minimum Gasteiger partial charge on any atom is -0.317 e. The van der Waals surface area contributed by atoms with Crippen molar-refractivity contribution in [2.24, 2.45) is 4.99 Å². The standard InChI is InChI=1S/C19H20FN3O3S3/c1-2-22-14-9-8-13(20)12-16(14)28-19(22)21-18(24)15-6-3-4-10-23(15)29(25,26)17-7-5-11-27-17/h5,7-9,11-12,15H,2-4,6,10H2,1H3. The van der Waals surface area contributed by atoms with Gasteiger partial charge in [-0.25, -0.2) is 12.8 Å². The fourth-order valence-corrected chi connectivity index (χ4v) is 7.47. The second-order valence-corrected chi connectivity index (χ2v) is 10.8. The van der Waals surface area contributed by atoms with Gasteiger partial charge in [0.05, 0.1) is 10.2 Å². The molecule has 0 aliphatic carbocycles. The van der Waals surface area contributed by atoms with Crippen LogP contribution in [-0.2, 0) is 21.4 Å². The van der Waals surface area contributed by atoms with Crippen LogP contribution in [0.2, 0.25) is 0 Å². The molecule has 0 bridgehead atoms. The molecule has 1 saturated heterocycles. The zero-order chi connectivity index (χ0) is 20.6. The number of carbonyl (C=O) groups is 1. The number of carbonyl (C=O) groups excluding carboxylic acids is 1. The monoisotopic (exact) mass is 453 g/mol. The molecule has 10 heteroatoms. The van der Waals surface area contributed by atoms with E-state index in [1.54, 1.807) is 23.6 Å². The summed E-state index contributed by atoms with van der Waals surface area (Å²) in [6, 6.07) is 6.89. The molecule has 1 amide bonds. The zero-order valence-electron chi connectivity index (χ0n) is 15.7. The molecule has 0 saturated carbocycles. The van der Waals surface area contributed by atoms with E-state index in [0.717, 1.165) is 23.3 Å². The molecule has 0 spiro atoms. The molecular formula is C19H20FN3O3S3. The van der Waals surface area contributed by atoms with Crippen LogP contribution in [-0.4, -0.2) is 35.8 Å². The van der Waals surface area contributed by atoms with Crippen molar-refractivity contribution in [3.05, 3.63) is 46.3 Å². The number of fused-ring (bicyclic) bond motifs is 1. The Bertz CT molecular complexity index is 1210. The third kappa shape index (κ3) is 3.81. The van der Waals surface area contributed by atoms with Crippen LogP contribution in [0.1, 0.15) is 26.2 Å². The molecule has 3 heterocycles. The Morgan fingerprint density at radius 2 is 2.14 bits per heavy atom. The number of piperidine rings is 1. The molecule has 0 radical (unpaired) electrons. The van der Waals surface area contributed by atoms with E-state index in [1.807, 2.05) is 11.5 Å². The molecule has 1 aromatic carbocycles. The highest BCUT2D eigenvalue weighted by Gasteiger charge is 2.38. The summed E-state index contributed by atoms with van der Waals surface area (Å²) in [5, 5.41) is 1.71. The van der Waals surface area contributed by atoms with Crippen LogP contribution in [0, 0.1) is 5.82 Å². The number of thiophene rings is 1. The van der Waals surface area contributed by atoms with Crippen molar-refractivity contribution in [3.8, 4) is 0 Å². The second-order valence-electron chi connectivity index (χ2n) is 6.75. The normalized spacial score (nSPS) is 19.1. The first-order valence-corrected chi connectivity index (χ1v) is 12.5. The van der Waals surface area contributed by atoms with Crippen LogP contribution >= 0.6 is 22.7 Å². The van der Waals surface area contributed by atoms with Gasteiger partial charge in [0.1, 0.15) is 16.1 Å². The van der Waals surface area contributed by atoms with Gasteiger partial charge in [-0.2, -0.15) is 9.30 Å². The Balaban J connectivity index is 1.74. The summed E-state index contributed by atoms with van der Waals surface area (Å²) in [5.41, 5.74) is 0.803. The quantitative estimate of drug-likeness (QED) is 0.606. The van der Waals surface area contributed by atoms with Gasteiger partial charge >= 0.3 is 0 Å². The van der Waals surface area contributed by atoms with Gasteiger partial charge < -0.3 is 4.57 Å². The van der Waals surface area contributed by atoms with Crippen molar-refractivity contribution in [1.29, 1.82) is 0 Å². The van der Waals surface area contributed by atoms with Crippen molar-refractivity contribution in [1.82, 2.24) is 8.87 Å². The fourth-order valence-electron chi connectivity index (χ4n) is 3.57. The molecular weight excluding hydrogens is 433 g/mol. The molecule has 2 aromatic heterocycles. The van der Waals surface area contributed by atoms with Crippen LogP contribution in [0.4, 0.5) is 4.39 Å². The summed E-state index contributed by atoms with van der Waals surface area (Å²) in [6.07, 6.45) is 1.93. The second kappa shape index (κ2) is 8.10. The Morgan fingerprint density at radius 3 is 2.86 bits per heavy atom. The topological polar surface area (TPSA) is 71.7 Å². The first-order valence-electron chi connectivity index (χ1n) is 9.34. The number of thiazole rings is 1. The summed E-state index contributed by atoms with van der Waals surface area (Å²) in [5.74, 6) is -0.820. The van der Waals surface area contributed by atoms with Crippen LogP contribution < -0.4 is 4.80 Å². The number of rotatable bonds is 4. The minimum absolute atomic E-state index is 0.234. The molecule has 3 aromatic rings. The van der Waals surface area contributed by atoms with Gasteiger partial charge in [-0.1, -0.05) is 23.8 Å². The van der Waals surface area contributed by atoms with E-state index in [0.29, 0.717) is 35.4 Å². The maximum absolute atomic E-state index is 13.6. The summed E-state index contributed by atoms with van der Waals surface area (Å²) in [4.78, 5) is 17.8. The fraction of sp³-hybridized carbons (Fsp3) is 0.368. The highest BCUT2D eigenvalue weighted by atomic mass is 32.2. The van der Waals surface area contributed by atoms with Crippen LogP contribution in [0.3, 0.4) is 0 Å². The molecule has 1 unspecified atom stereocenters. The lowest BCUT2D eigenvalue weighted by atomic mass is 10.0. The molecule has 1 fully saturated rings. The number of nitrogens with zero attached hydrogens (tertiary/aromatic N) is 3. The van der Waals surface area contributed by atoms with E-state index < -0.39 is 22.0 Å². The Morgan fingerprint density at radius 1 is 1.31 bits per heavy atom. The Labute approximate surface area is 176 Å². The largest absolute Gasteiger partial charge is 0.317 e. The number of sulfonamides is 1. The molecule has 29 heavy (non-hydrogen) atoms. The SMILES string of the molecule is CCn1c(=NC(=O)C2CCCCN2S(=O)(=O)c2cccs2)sc2cc(F)ccc21. The van der Waals surface area contributed by atoms with E-state index in [-0.39, 0.29) is 10.0 Å². The van der Waals surface area contributed by atoms with Gasteiger partial charge in [-0.15, -0.1) is 11.3 Å². The van der Waals surface area contributed by atoms with E-state index in [1.165, 1.54) is 27.8 Å². The molecule has 1 atom stereocenters. The van der Waals surface area contributed by atoms with E-state index in [2.05, 4.69) is 4.99 Å². The van der Waals surface area contributed by atoms with Gasteiger partial charge in [0, 0.05) is 13.1 Å². The predicted octanol–water partition coefficient (Wildman–Crippen LogP) is 3.59. The Hall–Kier alpha value is -1.88. The van der Waals surface area contributed by atoms with Crippen LogP contribution in [0.5, 0.6) is 0 Å². The summed E-state index contributed by atoms with van der Waals surface area (Å²) >= 11 is 2.37. The number of benzene rings is 1. The number of aryl methyl sites for hydroxylation is 1. The highest BCUT2D eigenvalue weighted by Crippen LogP contribution is 2.28. The smallest absolute Gasteiger partial charge is 0.266 e. The molecule has 1 aliphatic rings. The van der Waals surface area contributed by atoms with Gasteiger partial charge in [0.15, 0.2) is 4.80 Å². The molecule has 4 rings (SSSR count). The average Bonchev–Trinajstić information content (AvgIpc) is 3.35. The van der Waals surface area contributed by atoms with E-state index in [4.69, 9.17) is 0 Å². The van der Waals surface area contributed by atoms with Crippen molar-refractivity contribution in [3.63, 3.8) is 0 Å².